The van der Waals surface area contributed by atoms with Crippen molar-refractivity contribution in [2.75, 3.05) is 20.6 Å². The van der Waals surface area contributed by atoms with Gasteiger partial charge in [-0.3, -0.25) is 14.5 Å². The lowest BCUT2D eigenvalue weighted by Crippen LogP contribution is -2.64. The standard InChI is InChI=1S/C16H17FN6O3/c1-21-14-13(15(25)22(2)16(21)26)23(9-18-14)8-12(24)20-19-7-10-5-3-4-6-11(10)17/h3-7,9,13-14H,8H2,1-2H3,(H,20,24)/b19-7+. The Morgan fingerprint density at radius 2 is 2.08 bits per heavy atom. The van der Waals surface area contributed by atoms with Crippen LogP contribution in [-0.4, -0.2) is 77.9 Å². The van der Waals surface area contributed by atoms with Gasteiger partial charge in [0.05, 0.1) is 12.6 Å². The fourth-order valence-corrected chi connectivity index (χ4v) is 2.80. The molecule has 9 nitrogen and oxygen atoms in total. The van der Waals surface area contributed by atoms with Crippen molar-refractivity contribution in [1.82, 2.24) is 20.1 Å². The Morgan fingerprint density at radius 1 is 1.35 bits per heavy atom. The van der Waals surface area contributed by atoms with Gasteiger partial charge in [-0.05, 0) is 6.07 Å². The Kier molecular flexibility index (Phi) is 4.65. The molecule has 0 radical (unpaired) electrons. The van der Waals surface area contributed by atoms with Crippen LogP contribution >= 0.6 is 0 Å². The number of carbonyl (C=O) groups is 3. The van der Waals surface area contributed by atoms with E-state index in [0.29, 0.717) is 0 Å². The Hall–Kier alpha value is -3.30. The first kappa shape index (κ1) is 17.5. The van der Waals surface area contributed by atoms with Crippen molar-refractivity contribution >= 4 is 30.4 Å². The van der Waals surface area contributed by atoms with Crippen LogP contribution in [0, 0.1) is 5.82 Å². The maximum absolute atomic E-state index is 13.5. The average Bonchev–Trinajstić information content (AvgIpc) is 3.03. The highest BCUT2D eigenvalue weighted by atomic mass is 19.1. The minimum atomic E-state index is -0.760. The molecule has 2 heterocycles. The molecule has 1 N–H and O–H groups in total. The summed E-state index contributed by atoms with van der Waals surface area (Å²) in [6.07, 6.45) is 1.90. The molecule has 2 atom stereocenters. The third kappa shape index (κ3) is 3.13. The van der Waals surface area contributed by atoms with E-state index in [9.17, 15) is 18.8 Å². The van der Waals surface area contributed by atoms with Gasteiger partial charge in [0, 0.05) is 19.7 Å². The van der Waals surface area contributed by atoms with Crippen molar-refractivity contribution in [2.24, 2.45) is 10.1 Å². The zero-order chi connectivity index (χ0) is 18.8. The number of hydrazone groups is 1. The van der Waals surface area contributed by atoms with E-state index in [1.54, 1.807) is 19.2 Å². The first-order chi connectivity index (χ1) is 12.4. The molecule has 1 aromatic carbocycles. The summed E-state index contributed by atoms with van der Waals surface area (Å²) in [4.78, 5) is 44.2. The molecule has 0 spiro atoms. The molecule has 4 amide bonds. The van der Waals surface area contributed by atoms with E-state index in [1.807, 2.05) is 0 Å². The van der Waals surface area contributed by atoms with E-state index in [-0.39, 0.29) is 12.1 Å². The summed E-state index contributed by atoms with van der Waals surface area (Å²) in [5.74, 6) is -1.39. The lowest BCUT2D eigenvalue weighted by atomic mass is 10.1. The summed E-state index contributed by atoms with van der Waals surface area (Å²) in [7, 11) is 2.93. The highest BCUT2D eigenvalue weighted by Gasteiger charge is 2.48. The molecule has 3 rings (SSSR count). The first-order valence-corrected chi connectivity index (χ1v) is 7.80. The van der Waals surface area contributed by atoms with Crippen molar-refractivity contribution < 1.29 is 18.8 Å². The van der Waals surface area contributed by atoms with E-state index >= 15 is 0 Å². The molecule has 0 aliphatic carbocycles. The van der Waals surface area contributed by atoms with E-state index in [0.717, 1.165) is 4.90 Å². The molecule has 1 aromatic rings. The summed E-state index contributed by atoms with van der Waals surface area (Å²) in [5, 5.41) is 3.71. The third-order valence-electron chi connectivity index (χ3n) is 4.20. The Bertz CT molecular complexity index is 811. The number of amides is 4. The highest BCUT2D eigenvalue weighted by Crippen LogP contribution is 2.24. The molecular formula is C16H17FN6O3. The average molecular weight is 360 g/mol. The molecule has 2 unspecified atom stereocenters. The number of likely N-dealkylation sites (N-methyl/N-ethyl adjacent to an activating group) is 2. The van der Waals surface area contributed by atoms with Gasteiger partial charge in [-0.2, -0.15) is 5.10 Å². The summed E-state index contributed by atoms with van der Waals surface area (Å²) in [6, 6.07) is 4.79. The van der Waals surface area contributed by atoms with Crippen LogP contribution in [0.1, 0.15) is 5.56 Å². The van der Waals surface area contributed by atoms with Crippen molar-refractivity contribution in [2.45, 2.75) is 12.2 Å². The van der Waals surface area contributed by atoms with Gasteiger partial charge < -0.3 is 9.80 Å². The summed E-state index contributed by atoms with van der Waals surface area (Å²) < 4.78 is 13.5. The van der Waals surface area contributed by atoms with E-state index in [2.05, 4.69) is 15.5 Å². The van der Waals surface area contributed by atoms with Crippen LogP contribution in [0.15, 0.2) is 34.4 Å². The van der Waals surface area contributed by atoms with E-state index in [1.165, 1.54) is 41.5 Å². The topological polar surface area (TPSA) is 97.7 Å². The number of nitrogens with zero attached hydrogens (tertiary/aromatic N) is 5. The number of hydrogen-bond donors (Lipinski definition) is 1. The second-order valence-corrected chi connectivity index (χ2v) is 5.90. The second kappa shape index (κ2) is 6.90. The second-order valence-electron chi connectivity index (χ2n) is 5.90. The fourth-order valence-electron chi connectivity index (χ4n) is 2.80. The fraction of sp³-hybridized carbons (Fsp3) is 0.312. The quantitative estimate of drug-likeness (QED) is 0.596. The maximum atomic E-state index is 13.5. The van der Waals surface area contributed by atoms with Gasteiger partial charge in [0.2, 0.25) is 0 Å². The number of fused-ring (bicyclic) bond motifs is 1. The van der Waals surface area contributed by atoms with Crippen LogP contribution in [0.4, 0.5) is 9.18 Å². The molecule has 2 aliphatic rings. The number of carbonyl (C=O) groups excluding carboxylic acids is 3. The number of urea groups is 1. The van der Waals surface area contributed by atoms with Crippen molar-refractivity contribution in [3.8, 4) is 0 Å². The maximum Gasteiger partial charge on any atom is 0.328 e. The van der Waals surface area contributed by atoms with Crippen molar-refractivity contribution in [1.29, 1.82) is 0 Å². The molecule has 26 heavy (non-hydrogen) atoms. The third-order valence-corrected chi connectivity index (χ3v) is 4.20. The van der Waals surface area contributed by atoms with E-state index in [4.69, 9.17) is 0 Å². The number of halogens is 1. The zero-order valence-corrected chi connectivity index (χ0v) is 14.2. The Labute approximate surface area is 148 Å². The van der Waals surface area contributed by atoms with Crippen LogP contribution < -0.4 is 5.43 Å². The van der Waals surface area contributed by atoms with Gasteiger partial charge in [-0.15, -0.1) is 0 Å². The number of rotatable bonds is 4. The van der Waals surface area contributed by atoms with Crippen LogP contribution in [0.25, 0.3) is 0 Å². The number of benzene rings is 1. The molecule has 10 heteroatoms. The molecule has 0 saturated carbocycles. The normalized spacial score (nSPS) is 22.3. The van der Waals surface area contributed by atoms with Crippen LogP contribution in [-0.2, 0) is 9.59 Å². The van der Waals surface area contributed by atoms with Crippen molar-refractivity contribution in [3.05, 3.63) is 35.6 Å². The minimum absolute atomic E-state index is 0.180. The van der Waals surface area contributed by atoms with Gasteiger partial charge in [0.1, 0.15) is 12.4 Å². The van der Waals surface area contributed by atoms with Gasteiger partial charge in [-0.25, -0.2) is 19.6 Å². The Morgan fingerprint density at radius 3 is 2.81 bits per heavy atom. The summed E-state index contributed by atoms with van der Waals surface area (Å²) in [5.41, 5.74) is 2.52. The number of nitrogens with one attached hydrogen (secondary N) is 1. The van der Waals surface area contributed by atoms with Gasteiger partial charge in [0.15, 0.2) is 12.2 Å². The minimum Gasteiger partial charge on any atom is -0.338 e. The SMILES string of the molecule is CN1C(=O)C2C(N=CN2CC(=O)N/N=C/c2ccccc2F)N(C)C1=O. The predicted molar refractivity (Wildman–Crippen MR) is 90.8 cm³/mol. The summed E-state index contributed by atoms with van der Waals surface area (Å²) >= 11 is 0. The predicted octanol–water partition coefficient (Wildman–Crippen LogP) is -0.162. The van der Waals surface area contributed by atoms with Crippen molar-refractivity contribution in [3.63, 3.8) is 0 Å². The van der Waals surface area contributed by atoms with Gasteiger partial charge >= 0.3 is 6.03 Å². The van der Waals surface area contributed by atoms with Gasteiger partial charge in [-0.1, -0.05) is 18.2 Å². The molecule has 1 saturated heterocycles. The highest BCUT2D eigenvalue weighted by molar-refractivity contribution is 6.02. The van der Waals surface area contributed by atoms with Crippen LogP contribution in [0.5, 0.6) is 0 Å². The zero-order valence-electron chi connectivity index (χ0n) is 14.2. The molecule has 1 fully saturated rings. The number of hydrogen-bond acceptors (Lipinski definition) is 6. The molecular weight excluding hydrogens is 343 g/mol. The lowest BCUT2D eigenvalue weighted by Gasteiger charge is -2.39. The summed E-state index contributed by atoms with van der Waals surface area (Å²) in [6.45, 7) is -0.180. The molecule has 0 bridgehead atoms. The first-order valence-electron chi connectivity index (χ1n) is 7.80. The van der Waals surface area contributed by atoms with E-state index < -0.39 is 35.9 Å². The smallest absolute Gasteiger partial charge is 0.328 e. The van der Waals surface area contributed by atoms with Crippen LogP contribution in [0.2, 0.25) is 0 Å². The number of aliphatic imine (C=N–C) groups is 1. The van der Waals surface area contributed by atoms with Gasteiger partial charge in [0.25, 0.3) is 11.8 Å². The Balaban J connectivity index is 1.62. The number of imide groups is 1. The largest absolute Gasteiger partial charge is 0.338 e. The van der Waals surface area contributed by atoms with Crippen LogP contribution in [0.3, 0.4) is 0 Å². The lowest BCUT2D eigenvalue weighted by molar-refractivity contribution is -0.136. The molecule has 2 aliphatic heterocycles. The monoisotopic (exact) mass is 360 g/mol. The molecule has 136 valence electrons. The molecule has 0 aromatic heterocycles.